The molecule has 2 aromatic rings. The molecule has 0 radical (unpaired) electrons. The zero-order chi connectivity index (χ0) is 10.8. The molecule has 0 saturated carbocycles. The number of fused-ring (bicyclic) bond motifs is 1. The molecule has 0 aliphatic heterocycles. The highest BCUT2D eigenvalue weighted by molar-refractivity contribution is 5.86. The van der Waals surface area contributed by atoms with Gasteiger partial charge in [0.15, 0.2) is 0 Å². The highest BCUT2D eigenvalue weighted by atomic mass is 35.5. The Morgan fingerprint density at radius 3 is 2.50 bits per heavy atom. The molecule has 2 rings (SSSR count). The van der Waals surface area contributed by atoms with Crippen molar-refractivity contribution in [2.45, 2.75) is 12.5 Å². The van der Waals surface area contributed by atoms with Crippen LogP contribution in [0.3, 0.4) is 0 Å². The van der Waals surface area contributed by atoms with Crippen molar-refractivity contribution in [1.82, 2.24) is 4.98 Å². The molecule has 0 aliphatic carbocycles. The number of carboxylic acid groups (broad SMARTS) is 1. The number of benzene rings is 1. The zero-order valence-electron chi connectivity index (χ0n) is 9.33. The van der Waals surface area contributed by atoms with Crippen LogP contribution >= 0.6 is 37.2 Å². The Morgan fingerprint density at radius 1 is 1.28 bits per heavy atom. The molecule has 0 aliphatic rings. The first-order chi connectivity index (χ1) is 7.18. The maximum absolute atomic E-state index is 10.6. The Kier molecular flexibility index (Phi) is 8.85. The fraction of sp³-hybridized carbons (Fsp3) is 0.182. The van der Waals surface area contributed by atoms with Crippen LogP contribution in [0.4, 0.5) is 0 Å². The van der Waals surface area contributed by atoms with Crippen LogP contribution in [0.25, 0.3) is 10.9 Å². The minimum absolute atomic E-state index is 0. The summed E-state index contributed by atoms with van der Waals surface area (Å²) in [6.45, 7) is 0. The number of hydrogen-bond acceptors (Lipinski definition) is 2. The van der Waals surface area contributed by atoms with Crippen LogP contribution < -0.4 is 5.73 Å². The highest BCUT2D eigenvalue weighted by Crippen LogP contribution is 2.18. The van der Waals surface area contributed by atoms with E-state index < -0.39 is 12.0 Å². The summed E-state index contributed by atoms with van der Waals surface area (Å²) in [5, 5.41) is 9.75. The number of para-hydroxylation sites is 1. The predicted molar refractivity (Wildman–Crippen MR) is 79.4 cm³/mol. The molecular weight excluding hydrogens is 298 g/mol. The summed E-state index contributed by atoms with van der Waals surface area (Å²) in [5.74, 6) is -0.972. The summed E-state index contributed by atoms with van der Waals surface area (Å²) in [6.07, 6.45) is 2.16. The van der Waals surface area contributed by atoms with E-state index in [1.807, 2.05) is 30.5 Å². The first-order valence-electron chi connectivity index (χ1n) is 4.72. The monoisotopic (exact) mass is 312 g/mol. The van der Waals surface area contributed by atoms with E-state index in [9.17, 15) is 4.79 Å². The fourth-order valence-electron chi connectivity index (χ4n) is 1.62. The lowest BCUT2D eigenvalue weighted by Crippen LogP contribution is -2.32. The lowest BCUT2D eigenvalue weighted by Gasteiger charge is -2.04. The van der Waals surface area contributed by atoms with Crippen LogP contribution in [0.5, 0.6) is 0 Å². The Morgan fingerprint density at radius 2 is 1.89 bits per heavy atom. The lowest BCUT2D eigenvalue weighted by atomic mass is 10.1. The first-order valence-corrected chi connectivity index (χ1v) is 4.72. The van der Waals surface area contributed by atoms with Gasteiger partial charge in [0.25, 0.3) is 0 Å². The van der Waals surface area contributed by atoms with Gasteiger partial charge in [-0.05, 0) is 11.6 Å². The number of aromatic amines is 1. The molecule has 7 heteroatoms. The van der Waals surface area contributed by atoms with Crippen LogP contribution in [0, 0.1) is 0 Å². The minimum atomic E-state index is -0.972. The molecule has 1 aromatic carbocycles. The Bertz CT molecular complexity index is 502. The number of nitrogens with one attached hydrogen (secondary N) is 1. The normalized spacial score (nSPS) is 10.7. The number of carbonyl (C=O) groups is 1. The van der Waals surface area contributed by atoms with Crippen molar-refractivity contribution >= 4 is 54.1 Å². The van der Waals surface area contributed by atoms with E-state index in [1.165, 1.54) is 0 Å². The molecule has 0 spiro atoms. The average molecular weight is 314 g/mol. The van der Waals surface area contributed by atoms with E-state index in [0.29, 0.717) is 6.42 Å². The summed E-state index contributed by atoms with van der Waals surface area (Å²) >= 11 is 0. The molecule has 1 atom stereocenters. The second-order valence-electron chi connectivity index (χ2n) is 3.51. The molecule has 0 fully saturated rings. The number of hydrogen-bond donors (Lipinski definition) is 3. The van der Waals surface area contributed by atoms with Crippen LogP contribution in [0.2, 0.25) is 0 Å². The first kappa shape index (κ1) is 19.4. The van der Waals surface area contributed by atoms with Crippen molar-refractivity contribution in [2.24, 2.45) is 5.73 Å². The van der Waals surface area contributed by atoms with Crippen LogP contribution in [0.1, 0.15) is 5.56 Å². The highest BCUT2D eigenvalue weighted by Gasteiger charge is 2.14. The lowest BCUT2D eigenvalue weighted by molar-refractivity contribution is -0.138. The predicted octanol–water partition coefficient (Wildman–Crippen LogP) is 2.39. The largest absolute Gasteiger partial charge is 0.480 e. The molecule has 0 unspecified atom stereocenters. The third-order valence-corrected chi connectivity index (χ3v) is 2.43. The number of rotatable bonds is 3. The van der Waals surface area contributed by atoms with Gasteiger partial charge >= 0.3 is 5.97 Å². The number of aromatic nitrogens is 1. The van der Waals surface area contributed by atoms with E-state index >= 15 is 0 Å². The van der Waals surface area contributed by atoms with Crippen LogP contribution in [-0.4, -0.2) is 22.1 Å². The molecular formula is C11H15Cl3N2O2. The fourth-order valence-corrected chi connectivity index (χ4v) is 1.62. The van der Waals surface area contributed by atoms with Crippen molar-refractivity contribution in [3.05, 3.63) is 36.0 Å². The second-order valence-corrected chi connectivity index (χ2v) is 3.51. The van der Waals surface area contributed by atoms with Crippen LogP contribution in [0.15, 0.2) is 30.5 Å². The number of nitrogens with two attached hydrogens (primary N) is 1. The molecule has 4 nitrogen and oxygen atoms in total. The van der Waals surface area contributed by atoms with Gasteiger partial charge in [-0.15, -0.1) is 37.2 Å². The molecule has 0 amide bonds. The van der Waals surface area contributed by atoms with E-state index in [0.717, 1.165) is 16.5 Å². The summed E-state index contributed by atoms with van der Waals surface area (Å²) < 4.78 is 0. The van der Waals surface area contributed by atoms with Gasteiger partial charge in [0.1, 0.15) is 6.04 Å². The summed E-state index contributed by atoms with van der Waals surface area (Å²) in [4.78, 5) is 13.7. The molecule has 1 aromatic heterocycles. The van der Waals surface area contributed by atoms with Gasteiger partial charge in [-0.3, -0.25) is 4.79 Å². The molecule has 1 heterocycles. The van der Waals surface area contributed by atoms with Crippen LogP contribution in [-0.2, 0) is 11.2 Å². The molecule has 102 valence electrons. The smallest absolute Gasteiger partial charge is 0.320 e. The maximum Gasteiger partial charge on any atom is 0.320 e. The van der Waals surface area contributed by atoms with Crippen molar-refractivity contribution < 1.29 is 9.90 Å². The van der Waals surface area contributed by atoms with Gasteiger partial charge in [0, 0.05) is 23.5 Å². The molecule has 18 heavy (non-hydrogen) atoms. The summed E-state index contributed by atoms with van der Waals surface area (Å²) in [7, 11) is 0. The number of H-pyrrole nitrogens is 1. The average Bonchev–Trinajstić information content (AvgIpc) is 2.62. The third-order valence-electron chi connectivity index (χ3n) is 2.43. The minimum Gasteiger partial charge on any atom is -0.480 e. The third kappa shape index (κ3) is 4.07. The number of carboxylic acids is 1. The van der Waals surface area contributed by atoms with Crippen molar-refractivity contribution in [3.63, 3.8) is 0 Å². The molecule has 4 N–H and O–H groups in total. The second kappa shape index (κ2) is 8.21. The van der Waals surface area contributed by atoms with Gasteiger partial charge in [-0.1, -0.05) is 18.2 Å². The quantitative estimate of drug-likeness (QED) is 0.814. The summed E-state index contributed by atoms with van der Waals surface area (Å²) in [6, 6.07) is 6.91. The van der Waals surface area contributed by atoms with Gasteiger partial charge in [-0.2, -0.15) is 0 Å². The van der Waals surface area contributed by atoms with E-state index in [1.54, 1.807) is 0 Å². The maximum atomic E-state index is 10.6. The van der Waals surface area contributed by atoms with E-state index in [2.05, 4.69) is 4.98 Å². The van der Waals surface area contributed by atoms with E-state index in [4.69, 9.17) is 10.8 Å². The van der Waals surface area contributed by atoms with Crippen molar-refractivity contribution in [2.75, 3.05) is 0 Å². The molecule has 0 saturated heterocycles. The Hall–Kier alpha value is -0.940. The standard InChI is InChI=1S/C11H12N2O2.3ClH/c12-9(11(14)15)5-7-6-13-10-4-2-1-3-8(7)10;;;/h1-4,6,9,13H,5,12H2,(H,14,15);3*1H/t9-;;;/m0.../s1. The zero-order valence-corrected chi connectivity index (χ0v) is 11.8. The Labute approximate surface area is 123 Å². The van der Waals surface area contributed by atoms with Crippen molar-refractivity contribution in [1.29, 1.82) is 0 Å². The van der Waals surface area contributed by atoms with E-state index in [-0.39, 0.29) is 37.2 Å². The summed E-state index contributed by atoms with van der Waals surface area (Å²) in [5.41, 5.74) is 7.43. The van der Waals surface area contributed by atoms with Gasteiger partial charge in [0.2, 0.25) is 0 Å². The van der Waals surface area contributed by atoms with Gasteiger partial charge < -0.3 is 15.8 Å². The van der Waals surface area contributed by atoms with Gasteiger partial charge in [-0.25, -0.2) is 0 Å². The molecule has 0 bridgehead atoms. The van der Waals surface area contributed by atoms with Crippen molar-refractivity contribution in [3.8, 4) is 0 Å². The SMILES string of the molecule is Cl.Cl.Cl.N[C@@H](Cc1c[nH]c2ccccc12)C(=O)O. The van der Waals surface area contributed by atoms with Gasteiger partial charge in [0.05, 0.1) is 0 Å². The number of halogens is 3. The Balaban J connectivity index is 0. The topological polar surface area (TPSA) is 79.1 Å². The number of aliphatic carboxylic acids is 1.